The third-order valence-electron chi connectivity index (χ3n) is 3.47. The lowest BCUT2D eigenvalue weighted by atomic mass is 10.1. The number of nitrogens with one attached hydrogen (secondary N) is 1. The lowest BCUT2D eigenvalue weighted by Gasteiger charge is -2.17. The topological polar surface area (TPSA) is 72.5 Å². The largest absolute Gasteiger partial charge is 0.468 e. The number of methoxy groups -OCH3 is 1. The summed E-state index contributed by atoms with van der Waals surface area (Å²) in [5.41, 5.74) is 1.71. The summed E-state index contributed by atoms with van der Waals surface area (Å²) in [7, 11) is -2.62. The highest BCUT2D eigenvalue weighted by Gasteiger charge is 2.26. The van der Waals surface area contributed by atoms with Crippen LogP contribution >= 0.6 is 11.6 Å². The summed E-state index contributed by atoms with van der Waals surface area (Å²) in [6.45, 7) is 1.86. The summed E-state index contributed by atoms with van der Waals surface area (Å²) >= 11 is 5.83. The molecular formula is C17H18ClNO4S. The Balaban J connectivity index is 2.23. The van der Waals surface area contributed by atoms with Crippen LogP contribution in [0.25, 0.3) is 0 Å². The third-order valence-corrected chi connectivity index (χ3v) is 5.21. The number of sulfonamides is 1. The van der Waals surface area contributed by atoms with E-state index in [2.05, 4.69) is 4.72 Å². The van der Waals surface area contributed by atoms with E-state index in [4.69, 9.17) is 16.3 Å². The Kier molecular flexibility index (Phi) is 5.99. The summed E-state index contributed by atoms with van der Waals surface area (Å²) in [5.74, 6) is -0.652. The van der Waals surface area contributed by atoms with Crippen LogP contribution in [0.15, 0.2) is 53.4 Å². The fourth-order valence-corrected chi connectivity index (χ4v) is 3.45. The van der Waals surface area contributed by atoms with Gasteiger partial charge in [-0.1, -0.05) is 41.4 Å². The number of hydrogen-bond acceptors (Lipinski definition) is 4. The average molecular weight is 368 g/mol. The molecule has 0 spiro atoms. The Hall–Kier alpha value is -1.89. The minimum Gasteiger partial charge on any atom is -0.468 e. The summed E-state index contributed by atoms with van der Waals surface area (Å²) in [4.78, 5) is 12.1. The van der Waals surface area contributed by atoms with Crippen LogP contribution in [0.1, 0.15) is 11.1 Å². The van der Waals surface area contributed by atoms with E-state index < -0.39 is 22.0 Å². The molecule has 0 saturated heterocycles. The first-order valence-corrected chi connectivity index (χ1v) is 9.09. The number of rotatable bonds is 6. The van der Waals surface area contributed by atoms with Crippen molar-refractivity contribution in [1.82, 2.24) is 4.72 Å². The molecular weight excluding hydrogens is 350 g/mol. The van der Waals surface area contributed by atoms with Crippen molar-refractivity contribution in [3.8, 4) is 0 Å². The van der Waals surface area contributed by atoms with Crippen molar-refractivity contribution in [1.29, 1.82) is 0 Å². The predicted octanol–water partition coefficient (Wildman–Crippen LogP) is 2.71. The molecule has 0 amide bonds. The Morgan fingerprint density at radius 3 is 2.25 bits per heavy atom. The number of halogens is 1. The van der Waals surface area contributed by atoms with Crippen molar-refractivity contribution < 1.29 is 17.9 Å². The highest BCUT2D eigenvalue weighted by atomic mass is 35.5. The van der Waals surface area contributed by atoms with Gasteiger partial charge < -0.3 is 4.74 Å². The second-order valence-electron chi connectivity index (χ2n) is 5.34. The molecule has 5 nitrogen and oxygen atoms in total. The van der Waals surface area contributed by atoms with Gasteiger partial charge >= 0.3 is 5.97 Å². The highest BCUT2D eigenvalue weighted by molar-refractivity contribution is 7.89. The van der Waals surface area contributed by atoms with Gasteiger partial charge in [-0.25, -0.2) is 8.42 Å². The maximum atomic E-state index is 12.5. The molecule has 0 heterocycles. The van der Waals surface area contributed by atoms with Crippen molar-refractivity contribution in [2.45, 2.75) is 24.3 Å². The molecule has 0 aliphatic rings. The first-order valence-electron chi connectivity index (χ1n) is 7.23. The molecule has 1 unspecified atom stereocenters. The van der Waals surface area contributed by atoms with E-state index in [0.29, 0.717) is 5.02 Å². The standard InChI is InChI=1S/C17H18ClNO4S/c1-12-3-9-15(10-4-12)24(21,22)19-16(17(20)23-2)11-13-5-7-14(18)8-6-13/h3-10,16,19H,11H2,1-2H3. The molecule has 0 saturated carbocycles. The fourth-order valence-electron chi connectivity index (χ4n) is 2.14. The molecule has 0 fully saturated rings. The molecule has 2 aromatic carbocycles. The molecule has 2 rings (SSSR count). The van der Waals surface area contributed by atoms with Gasteiger partial charge in [0.2, 0.25) is 10.0 Å². The maximum absolute atomic E-state index is 12.5. The van der Waals surface area contributed by atoms with Gasteiger partial charge in [-0.3, -0.25) is 4.79 Å². The molecule has 0 aliphatic heterocycles. The van der Waals surface area contributed by atoms with Crippen LogP contribution in [0.2, 0.25) is 5.02 Å². The number of carbonyl (C=O) groups excluding carboxylic acids is 1. The molecule has 0 aliphatic carbocycles. The lowest BCUT2D eigenvalue weighted by molar-refractivity contribution is -0.142. The minimum absolute atomic E-state index is 0.0955. The molecule has 0 radical (unpaired) electrons. The van der Waals surface area contributed by atoms with Crippen LogP contribution in [0, 0.1) is 6.92 Å². The summed E-state index contributed by atoms with van der Waals surface area (Å²) < 4.78 is 32.1. The molecule has 128 valence electrons. The van der Waals surface area contributed by atoms with Gasteiger partial charge in [0.1, 0.15) is 6.04 Å². The van der Waals surface area contributed by atoms with Gasteiger partial charge in [-0.05, 0) is 43.2 Å². The first kappa shape index (κ1) is 18.4. The SMILES string of the molecule is COC(=O)C(Cc1ccc(Cl)cc1)NS(=O)(=O)c1ccc(C)cc1. The van der Waals surface area contributed by atoms with Crippen LogP contribution in [-0.4, -0.2) is 27.5 Å². The highest BCUT2D eigenvalue weighted by Crippen LogP contribution is 2.14. The quantitative estimate of drug-likeness (QED) is 0.797. The van der Waals surface area contributed by atoms with Crippen molar-refractivity contribution in [3.63, 3.8) is 0 Å². The number of carbonyl (C=O) groups is 1. The van der Waals surface area contributed by atoms with Crippen molar-refractivity contribution >= 4 is 27.6 Å². The van der Waals surface area contributed by atoms with Gasteiger partial charge in [0, 0.05) is 5.02 Å². The predicted molar refractivity (Wildman–Crippen MR) is 92.5 cm³/mol. The zero-order valence-electron chi connectivity index (χ0n) is 13.3. The molecule has 24 heavy (non-hydrogen) atoms. The number of ether oxygens (including phenoxy) is 1. The van der Waals surface area contributed by atoms with Crippen LogP contribution in [0.5, 0.6) is 0 Å². The molecule has 1 atom stereocenters. The average Bonchev–Trinajstić information content (AvgIpc) is 2.55. The second kappa shape index (κ2) is 7.79. The Morgan fingerprint density at radius 2 is 1.71 bits per heavy atom. The zero-order valence-corrected chi connectivity index (χ0v) is 14.9. The number of benzene rings is 2. The van der Waals surface area contributed by atoms with Gasteiger partial charge in [0.25, 0.3) is 0 Å². The third kappa shape index (κ3) is 4.80. The Labute approximate surface area is 146 Å². The van der Waals surface area contributed by atoms with E-state index in [0.717, 1.165) is 11.1 Å². The second-order valence-corrected chi connectivity index (χ2v) is 7.49. The van der Waals surface area contributed by atoms with E-state index in [9.17, 15) is 13.2 Å². The van der Waals surface area contributed by atoms with E-state index in [1.54, 1.807) is 36.4 Å². The summed E-state index contributed by atoms with van der Waals surface area (Å²) in [6.07, 6.45) is 0.162. The normalized spacial score (nSPS) is 12.6. The Morgan fingerprint density at radius 1 is 1.12 bits per heavy atom. The van der Waals surface area contributed by atoms with E-state index >= 15 is 0 Å². The van der Waals surface area contributed by atoms with Crippen LogP contribution in [0.3, 0.4) is 0 Å². The molecule has 0 bridgehead atoms. The summed E-state index contributed by atoms with van der Waals surface area (Å²) in [6, 6.07) is 12.2. The van der Waals surface area contributed by atoms with Gasteiger partial charge in [-0.15, -0.1) is 0 Å². The summed E-state index contributed by atoms with van der Waals surface area (Å²) in [5, 5.41) is 0.564. The minimum atomic E-state index is -3.84. The lowest BCUT2D eigenvalue weighted by Crippen LogP contribution is -2.42. The Bertz CT molecular complexity index is 801. The van der Waals surface area contributed by atoms with E-state index in [1.807, 2.05) is 6.92 Å². The van der Waals surface area contributed by atoms with Crippen molar-refractivity contribution in [3.05, 3.63) is 64.7 Å². The number of aryl methyl sites for hydroxylation is 1. The first-order chi connectivity index (χ1) is 11.3. The van der Waals surface area contributed by atoms with Gasteiger partial charge in [0.15, 0.2) is 0 Å². The number of hydrogen-bond donors (Lipinski definition) is 1. The monoisotopic (exact) mass is 367 g/mol. The van der Waals surface area contributed by atoms with Crippen molar-refractivity contribution in [2.75, 3.05) is 7.11 Å². The molecule has 1 N–H and O–H groups in total. The number of esters is 1. The van der Waals surface area contributed by atoms with Gasteiger partial charge in [-0.2, -0.15) is 4.72 Å². The van der Waals surface area contributed by atoms with Crippen LogP contribution < -0.4 is 4.72 Å². The molecule has 0 aromatic heterocycles. The van der Waals surface area contributed by atoms with E-state index in [1.165, 1.54) is 19.2 Å². The molecule has 2 aromatic rings. The van der Waals surface area contributed by atoms with Crippen molar-refractivity contribution in [2.24, 2.45) is 0 Å². The van der Waals surface area contributed by atoms with E-state index in [-0.39, 0.29) is 11.3 Å². The van der Waals surface area contributed by atoms with Crippen LogP contribution in [0.4, 0.5) is 0 Å². The molecule has 7 heteroatoms. The van der Waals surface area contributed by atoms with Crippen LogP contribution in [-0.2, 0) is 26.0 Å². The maximum Gasteiger partial charge on any atom is 0.324 e. The zero-order chi connectivity index (χ0) is 17.7. The smallest absolute Gasteiger partial charge is 0.324 e. The fraction of sp³-hybridized carbons (Fsp3) is 0.235. The van der Waals surface area contributed by atoms with Gasteiger partial charge in [0.05, 0.1) is 12.0 Å².